The molecule has 17 heavy (non-hydrogen) atoms. The Hall–Kier alpha value is -1.50. The van der Waals surface area contributed by atoms with Crippen molar-refractivity contribution < 1.29 is 4.79 Å². The highest BCUT2D eigenvalue weighted by Gasteiger charge is 2.07. The Kier molecular flexibility index (Phi) is 5.02. The van der Waals surface area contributed by atoms with Gasteiger partial charge in [0.25, 0.3) is 0 Å². The van der Waals surface area contributed by atoms with E-state index in [2.05, 4.69) is 11.2 Å². The van der Waals surface area contributed by atoms with Crippen LogP contribution in [-0.4, -0.2) is 11.9 Å². The molecule has 3 N–H and O–H groups in total. The lowest BCUT2D eigenvalue weighted by Gasteiger charge is -2.11. The quantitative estimate of drug-likeness (QED) is 0.785. The molecule has 1 amide bonds. The van der Waals surface area contributed by atoms with Crippen molar-refractivity contribution in [2.75, 3.05) is 0 Å². The summed E-state index contributed by atoms with van der Waals surface area (Å²) in [5.74, 6) is 2.16. The van der Waals surface area contributed by atoms with Crippen molar-refractivity contribution in [3.05, 3.63) is 34.3 Å². The van der Waals surface area contributed by atoms with Gasteiger partial charge in [0.15, 0.2) is 0 Å². The molecule has 1 atom stereocenters. The number of primary amides is 1. The largest absolute Gasteiger partial charge is 0.366 e. The fraction of sp³-hybridized carbons (Fsp3) is 0.308. The number of nitrogens with one attached hydrogen (secondary N) is 1. The number of hydrogen-bond acceptors (Lipinski definition) is 2. The molecule has 0 fully saturated rings. The highest BCUT2D eigenvalue weighted by atomic mass is 35.5. The van der Waals surface area contributed by atoms with Crippen molar-refractivity contribution in [3.8, 4) is 12.3 Å². The molecule has 0 aromatic heterocycles. The van der Waals surface area contributed by atoms with Gasteiger partial charge in [-0.1, -0.05) is 30.5 Å². The number of hydrogen-bond donors (Lipinski definition) is 2. The summed E-state index contributed by atoms with van der Waals surface area (Å²) in [6, 6.07) is 5.03. The Labute approximate surface area is 106 Å². The van der Waals surface area contributed by atoms with Gasteiger partial charge in [-0.2, -0.15) is 0 Å². The summed E-state index contributed by atoms with van der Waals surface area (Å²) in [7, 11) is 0. The maximum Gasteiger partial charge on any atom is 0.248 e. The molecular weight excluding hydrogens is 236 g/mol. The standard InChI is InChI=1S/C13H15ClN2O/c1-3-11(4-2)16-8-10-6-5-9(13(15)17)7-12(10)14/h1,5-7,11,16H,4,8H2,2H3,(H2,15,17). The molecule has 1 rings (SSSR count). The molecule has 0 aliphatic carbocycles. The summed E-state index contributed by atoms with van der Waals surface area (Å²) in [5.41, 5.74) is 6.46. The summed E-state index contributed by atoms with van der Waals surface area (Å²) in [6.07, 6.45) is 6.20. The number of halogens is 1. The van der Waals surface area contributed by atoms with Crippen LogP contribution in [-0.2, 0) is 6.54 Å². The van der Waals surface area contributed by atoms with Gasteiger partial charge in [0.05, 0.1) is 6.04 Å². The molecule has 1 aromatic rings. The zero-order chi connectivity index (χ0) is 12.8. The lowest BCUT2D eigenvalue weighted by Crippen LogP contribution is -2.26. The van der Waals surface area contributed by atoms with E-state index in [-0.39, 0.29) is 6.04 Å². The summed E-state index contributed by atoms with van der Waals surface area (Å²) in [6.45, 7) is 2.58. The fourth-order valence-electron chi connectivity index (χ4n) is 1.40. The molecule has 0 heterocycles. The summed E-state index contributed by atoms with van der Waals surface area (Å²) < 4.78 is 0. The zero-order valence-corrected chi connectivity index (χ0v) is 10.4. The SMILES string of the molecule is C#CC(CC)NCc1ccc(C(N)=O)cc1Cl. The first-order chi connectivity index (χ1) is 8.08. The van der Waals surface area contributed by atoms with Crippen LogP contribution in [0.5, 0.6) is 0 Å². The minimum absolute atomic E-state index is 0.0295. The predicted octanol–water partition coefficient (Wildman–Crippen LogP) is 1.94. The molecule has 3 nitrogen and oxygen atoms in total. The number of nitrogens with two attached hydrogens (primary N) is 1. The minimum atomic E-state index is -0.485. The average Bonchev–Trinajstić information content (AvgIpc) is 2.31. The van der Waals surface area contributed by atoms with Gasteiger partial charge in [0.1, 0.15) is 0 Å². The van der Waals surface area contributed by atoms with Crippen molar-refractivity contribution >= 4 is 17.5 Å². The van der Waals surface area contributed by atoms with Crippen LogP contribution >= 0.6 is 11.6 Å². The molecule has 90 valence electrons. The maximum atomic E-state index is 10.9. The third kappa shape index (κ3) is 3.77. The van der Waals surface area contributed by atoms with E-state index in [0.29, 0.717) is 17.1 Å². The van der Waals surface area contributed by atoms with Crippen molar-refractivity contribution in [3.63, 3.8) is 0 Å². The van der Waals surface area contributed by atoms with Crippen LogP contribution in [0.15, 0.2) is 18.2 Å². The van der Waals surface area contributed by atoms with Crippen LogP contribution < -0.4 is 11.1 Å². The lowest BCUT2D eigenvalue weighted by atomic mass is 10.1. The van der Waals surface area contributed by atoms with E-state index in [1.165, 1.54) is 0 Å². The van der Waals surface area contributed by atoms with Crippen molar-refractivity contribution in [1.29, 1.82) is 0 Å². The molecule has 0 spiro atoms. The van der Waals surface area contributed by atoms with Gasteiger partial charge in [-0.25, -0.2) is 0 Å². The first-order valence-electron chi connectivity index (χ1n) is 5.36. The van der Waals surface area contributed by atoms with Crippen molar-refractivity contribution in [1.82, 2.24) is 5.32 Å². The number of benzene rings is 1. The van der Waals surface area contributed by atoms with Gasteiger partial charge in [-0.15, -0.1) is 6.42 Å². The monoisotopic (exact) mass is 250 g/mol. The van der Waals surface area contributed by atoms with Gasteiger partial charge in [-0.05, 0) is 24.1 Å². The highest BCUT2D eigenvalue weighted by Crippen LogP contribution is 2.17. The first-order valence-corrected chi connectivity index (χ1v) is 5.74. The number of carbonyl (C=O) groups excluding carboxylic acids is 1. The second-order valence-electron chi connectivity index (χ2n) is 3.68. The van der Waals surface area contributed by atoms with E-state index in [1.54, 1.807) is 18.2 Å². The van der Waals surface area contributed by atoms with E-state index < -0.39 is 5.91 Å². The second-order valence-corrected chi connectivity index (χ2v) is 4.09. The topological polar surface area (TPSA) is 55.1 Å². The van der Waals surface area contributed by atoms with Gasteiger partial charge >= 0.3 is 0 Å². The Morgan fingerprint density at radius 3 is 2.82 bits per heavy atom. The van der Waals surface area contributed by atoms with Gasteiger partial charge in [-0.3, -0.25) is 10.1 Å². The Morgan fingerprint density at radius 1 is 1.65 bits per heavy atom. The molecule has 4 heteroatoms. The molecule has 0 aliphatic heterocycles. The number of terminal acetylenes is 1. The summed E-state index contributed by atoms with van der Waals surface area (Å²) in [5, 5.41) is 3.70. The molecule has 0 saturated heterocycles. The molecule has 0 saturated carbocycles. The number of amides is 1. The smallest absolute Gasteiger partial charge is 0.248 e. The maximum absolute atomic E-state index is 10.9. The normalized spacial score (nSPS) is 11.8. The van der Waals surface area contributed by atoms with Crippen LogP contribution in [0.4, 0.5) is 0 Å². The highest BCUT2D eigenvalue weighted by molar-refractivity contribution is 6.31. The molecule has 1 unspecified atom stereocenters. The summed E-state index contributed by atoms with van der Waals surface area (Å²) >= 11 is 6.04. The lowest BCUT2D eigenvalue weighted by molar-refractivity contribution is 0.100. The van der Waals surface area contributed by atoms with Crippen LogP contribution in [0.3, 0.4) is 0 Å². The fourth-order valence-corrected chi connectivity index (χ4v) is 1.65. The van der Waals surface area contributed by atoms with E-state index in [0.717, 1.165) is 12.0 Å². The second kappa shape index (κ2) is 6.29. The molecule has 1 aromatic carbocycles. The molecular formula is C13H15ClN2O. The third-order valence-corrected chi connectivity index (χ3v) is 2.84. The number of rotatable bonds is 5. The van der Waals surface area contributed by atoms with Crippen molar-refractivity contribution in [2.45, 2.75) is 25.9 Å². The van der Waals surface area contributed by atoms with Gasteiger partial charge < -0.3 is 5.73 Å². The van der Waals surface area contributed by atoms with Crippen LogP contribution in [0, 0.1) is 12.3 Å². The van der Waals surface area contributed by atoms with Gasteiger partial charge in [0.2, 0.25) is 5.91 Å². The van der Waals surface area contributed by atoms with Crippen LogP contribution in [0.25, 0.3) is 0 Å². The molecule has 0 radical (unpaired) electrons. The van der Waals surface area contributed by atoms with E-state index >= 15 is 0 Å². The third-order valence-electron chi connectivity index (χ3n) is 2.49. The molecule has 0 bridgehead atoms. The Balaban J connectivity index is 2.73. The Bertz CT molecular complexity index is 451. The summed E-state index contributed by atoms with van der Waals surface area (Å²) in [4.78, 5) is 10.9. The van der Waals surface area contributed by atoms with Gasteiger partial charge in [0, 0.05) is 17.1 Å². The van der Waals surface area contributed by atoms with E-state index in [9.17, 15) is 4.79 Å². The molecule has 0 aliphatic rings. The first kappa shape index (κ1) is 13.6. The van der Waals surface area contributed by atoms with E-state index in [1.807, 2.05) is 6.92 Å². The average molecular weight is 251 g/mol. The Morgan fingerprint density at radius 2 is 2.35 bits per heavy atom. The predicted molar refractivity (Wildman–Crippen MR) is 69.7 cm³/mol. The van der Waals surface area contributed by atoms with Crippen LogP contribution in [0.1, 0.15) is 29.3 Å². The zero-order valence-electron chi connectivity index (χ0n) is 9.66. The van der Waals surface area contributed by atoms with Crippen LogP contribution in [0.2, 0.25) is 5.02 Å². The minimum Gasteiger partial charge on any atom is -0.366 e. The van der Waals surface area contributed by atoms with E-state index in [4.69, 9.17) is 23.8 Å². The van der Waals surface area contributed by atoms with Crippen molar-refractivity contribution in [2.24, 2.45) is 5.73 Å². The number of carbonyl (C=O) groups is 1.